The van der Waals surface area contributed by atoms with Gasteiger partial charge in [0, 0.05) is 12.4 Å². The number of ether oxygens (including phenoxy) is 3. The monoisotopic (exact) mass is 548 g/mol. The molecule has 0 radical (unpaired) electrons. The molecule has 0 N–H and O–H groups in total. The molecule has 0 atom stereocenters. The van der Waals surface area contributed by atoms with E-state index in [2.05, 4.69) is 23.8 Å². The molecular weight excluding hydrogens is 512 g/mol. The van der Waals surface area contributed by atoms with Gasteiger partial charge in [-0.25, -0.2) is 4.79 Å². The fraction of sp³-hybridized carbons (Fsp3) is 0.229. The number of rotatable bonds is 14. The van der Waals surface area contributed by atoms with E-state index in [9.17, 15) is 4.79 Å². The third-order valence-corrected chi connectivity index (χ3v) is 6.17. The molecule has 0 heterocycles. The Morgan fingerprint density at radius 3 is 1.44 bits per heavy atom. The van der Waals surface area contributed by atoms with E-state index in [1.807, 2.05) is 60.7 Å². The zero-order valence-corrected chi connectivity index (χ0v) is 23.7. The molecule has 210 valence electrons. The summed E-state index contributed by atoms with van der Waals surface area (Å²) >= 11 is 0. The van der Waals surface area contributed by atoms with Crippen molar-refractivity contribution in [3.05, 3.63) is 114 Å². The highest BCUT2D eigenvalue weighted by Crippen LogP contribution is 2.21. The smallest absolute Gasteiger partial charge is 0.343 e. The number of hydrogen-bond donors (Lipinski definition) is 0. The van der Waals surface area contributed by atoms with Crippen LogP contribution in [0.15, 0.2) is 107 Å². The maximum atomic E-state index is 12.6. The molecule has 0 aliphatic carbocycles. The number of aliphatic imine (C=N–C) groups is 2. The Kier molecular flexibility index (Phi) is 11.3. The van der Waals surface area contributed by atoms with E-state index in [1.54, 1.807) is 48.8 Å². The lowest BCUT2D eigenvalue weighted by Crippen LogP contribution is -2.07. The fourth-order valence-electron chi connectivity index (χ4n) is 3.72. The fourth-order valence-corrected chi connectivity index (χ4v) is 3.72. The maximum absolute atomic E-state index is 12.6. The Bertz CT molecular complexity index is 1410. The van der Waals surface area contributed by atoms with Gasteiger partial charge in [-0.3, -0.25) is 9.98 Å². The van der Waals surface area contributed by atoms with E-state index in [1.165, 1.54) is 0 Å². The van der Waals surface area contributed by atoms with Gasteiger partial charge in [0.2, 0.25) is 0 Å². The number of carbonyl (C=O) groups excluding carboxylic acids is 1. The van der Waals surface area contributed by atoms with Gasteiger partial charge in [-0.15, -0.1) is 0 Å². The number of nitrogens with zero attached hydrogens (tertiary/aromatic N) is 2. The summed E-state index contributed by atoms with van der Waals surface area (Å²) in [7, 11) is 0. The summed E-state index contributed by atoms with van der Waals surface area (Å²) in [5.41, 5.74) is 3.89. The molecule has 4 rings (SSSR count). The second-order valence-corrected chi connectivity index (χ2v) is 9.49. The molecule has 0 spiro atoms. The molecule has 6 nitrogen and oxygen atoms in total. The van der Waals surface area contributed by atoms with Crippen LogP contribution in [0, 0.1) is 0 Å². The molecule has 0 saturated heterocycles. The van der Waals surface area contributed by atoms with Crippen molar-refractivity contribution in [2.45, 2.75) is 39.5 Å². The molecule has 0 saturated carbocycles. The first-order chi connectivity index (χ1) is 20.1. The van der Waals surface area contributed by atoms with Crippen LogP contribution >= 0.6 is 0 Å². The molecule has 0 unspecified atom stereocenters. The summed E-state index contributed by atoms with van der Waals surface area (Å²) < 4.78 is 16.9. The molecule has 0 aliphatic rings. The van der Waals surface area contributed by atoms with Crippen molar-refractivity contribution in [1.29, 1.82) is 0 Å². The summed E-state index contributed by atoms with van der Waals surface area (Å²) in [4.78, 5) is 21.6. The van der Waals surface area contributed by atoms with Gasteiger partial charge in [-0.1, -0.05) is 26.7 Å². The largest absolute Gasteiger partial charge is 0.494 e. The maximum Gasteiger partial charge on any atom is 0.343 e. The molecular formula is C35H36N2O4. The molecule has 6 heteroatoms. The van der Waals surface area contributed by atoms with Gasteiger partial charge in [0.05, 0.1) is 30.2 Å². The summed E-state index contributed by atoms with van der Waals surface area (Å²) in [6.45, 7) is 5.74. The predicted octanol–water partition coefficient (Wildman–Crippen LogP) is 8.76. The lowest BCUT2D eigenvalue weighted by Gasteiger charge is -2.06. The molecule has 0 bridgehead atoms. The average Bonchev–Trinajstić information content (AvgIpc) is 3.01. The van der Waals surface area contributed by atoms with E-state index < -0.39 is 5.97 Å². The molecule has 0 aromatic heterocycles. The Hall–Kier alpha value is -4.71. The topological polar surface area (TPSA) is 69.5 Å². The summed E-state index contributed by atoms with van der Waals surface area (Å²) in [5.74, 6) is 1.73. The third-order valence-electron chi connectivity index (χ3n) is 6.17. The number of esters is 1. The number of carbonyl (C=O) groups is 1. The van der Waals surface area contributed by atoms with Gasteiger partial charge in [0.25, 0.3) is 0 Å². The van der Waals surface area contributed by atoms with Crippen LogP contribution in [-0.2, 0) is 0 Å². The standard InChI is InChI=1S/C35H36N2O4/c1-3-5-23-39-32-17-7-27(8-18-32)25-36-30-13-11-29(12-14-30)35(38)41-34-21-15-31(16-22-34)37-26-28-9-19-33(20-10-28)40-24-6-4-2/h7-22,25-26H,3-6,23-24H2,1-2H3. The van der Waals surface area contributed by atoms with Gasteiger partial charge in [0.15, 0.2) is 0 Å². The quantitative estimate of drug-likeness (QED) is 0.0683. The predicted molar refractivity (Wildman–Crippen MR) is 166 cm³/mol. The second-order valence-electron chi connectivity index (χ2n) is 9.49. The van der Waals surface area contributed by atoms with Crippen molar-refractivity contribution in [2.75, 3.05) is 13.2 Å². The molecule has 41 heavy (non-hydrogen) atoms. The molecule has 0 aliphatic heterocycles. The van der Waals surface area contributed by atoms with E-state index >= 15 is 0 Å². The minimum atomic E-state index is -0.434. The van der Waals surface area contributed by atoms with Crippen molar-refractivity contribution in [1.82, 2.24) is 0 Å². The van der Waals surface area contributed by atoms with E-state index in [0.29, 0.717) is 11.3 Å². The van der Waals surface area contributed by atoms with Gasteiger partial charge in [-0.2, -0.15) is 0 Å². The summed E-state index contributed by atoms with van der Waals surface area (Å²) in [6.07, 6.45) is 7.88. The van der Waals surface area contributed by atoms with Crippen LogP contribution in [0.3, 0.4) is 0 Å². The number of unbranched alkanes of at least 4 members (excludes halogenated alkanes) is 2. The van der Waals surface area contributed by atoms with Crippen LogP contribution < -0.4 is 14.2 Å². The zero-order chi connectivity index (χ0) is 28.7. The van der Waals surface area contributed by atoms with Crippen molar-refractivity contribution in [3.8, 4) is 17.2 Å². The first-order valence-corrected chi connectivity index (χ1v) is 14.1. The van der Waals surface area contributed by atoms with Gasteiger partial charge >= 0.3 is 5.97 Å². The Morgan fingerprint density at radius 1 is 0.585 bits per heavy atom. The first kappa shape index (κ1) is 29.3. The summed E-state index contributed by atoms with van der Waals surface area (Å²) in [6, 6.07) is 29.7. The van der Waals surface area contributed by atoms with Crippen molar-refractivity contribution in [3.63, 3.8) is 0 Å². The lowest BCUT2D eigenvalue weighted by atomic mass is 10.2. The van der Waals surface area contributed by atoms with Crippen molar-refractivity contribution in [2.24, 2.45) is 9.98 Å². The molecule has 4 aromatic rings. The average molecular weight is 549 g/mol. The SMILES string of the molecule is CCCCOc1ccc(C=Nc2ccc(OC(=O)c3ccc(N=Cc4ccc(OCCCC)cc4)cc3)cc2)cc1. The van der Waals surface area contributed by atoms with Crippen LogP contribution in [0.4, 0.5) is 11.4 Å². The second kappa shape index (κ2) is 15.8. The highest BCUT2D eigenvalue weighted by atomic mass is 16.5. The highest BCUT2D eigenvalue weighted by Gasteiger charge is 2.08. The zero-order valence-electron chi connectivity index (χ0n) is 23.7. The first-order valence-electron chi connectivity index (χ1n) is 14.1. The van der Waals surface area contributed by atoms with Gasteiger partial charge in [-0.05, 0) is 121 Å². The number of hydrogen-bond acceptors (Lipinski definition) is 6. The third kappa shape index (κ3) is 9.76. The van der Waals surface area contributed by atoms with Crippen molar-refractivity contribution >= 4 is 29.8 Å². The highest BCUT2D eigenvalue weighted by molar-refractivity contribution is 5.91. The van der Waals surface area contributed by atoms with Gasteiger partial charge < -0.3 is 14.2 Å². The normalized spacial score (nSPS) is 11.2. The van der Waals surface area contributed by atoms with Crippen LogP contribution in [0.1, 0.15) is 61.0 Å². The Balaban J connectivity index is 1.26. The minimum absolute atomic E-state index is 0.434. The van der Waals surface area contributed by atoms with E-state index in [0.717, 1.165) is 72.9 Å². The van der Waals surface area contributed by atoms with E-state index in [4.69, 9.17) is 14.2 Å². The molecule has 4 aromatic carbocycles. The van der Waals surface area contributed by atoms with Crippen LogP contribution in [0.2, 0.25) is 0 Å². The Labute approximate surface area is 242 Å². The molecule has 0 amide bonds. The van der Waals surface area contributed by atoms with Crippen molar-refractivity contribution < 1.29 is 19.0 Å². The molecule has 0 fully saturated rings. The minimum Gasteiger partial charge on any atom is -0.494 e. The van der Waals surface area contributed by atoms with Crippen LogP contribution in [0.25, 0.3) is 0 Å². The summed E-state index contributed by atoms with van der Waals surface area (Å²) in [5, 5.41) is 0. The van der Waals surface area contributed by atoms with Crippen LogP contribution in [0.5, 0.6) is 17.2 Å². The van der Waals surface area contributed by atoms with Crippen LogP contribution in [-0.4, -0.2) is 31.6 Å². The Morgan fingerprint density at radius 2 is 1.00 bits per heavy atom. The lowest BCUT2D eigenvalue weighted by molar-refractivity contribution is 0.0735. The van der Waals surface area contributed by atoms with E-state index in [-0.39, 0.29) is 0 Å². The number of benzene rings is 4. The van der Waals surface area contributed by atoms with Gasteiger partial charge in [0.1, 0.15) is 17.2 Å².